The molecule has 4 nitrogen and oxygen atoms in total. The van der Waals surface area contributed by atoms with E-state index in [1.54, 1.807) is 12.1 Å². The Labute approximate surface area is 162 Å². The first-order chi connectivity index (χ1) is 13.2. The first-order valence-corrected chi connectivity index (χ1v) is 10.0. The lowest BCUT2D eigenvalue weighted by atomic mass is 9.94. The van der Waals surface area contributed by atoms with Gasteiger partial charge < -0.3 is 5.11 Å². The molecular formula is C21H19F2NO3S. The van der Waals surface area contributed by atoms with Crippen molar-refractivity contribution >= 4 is 10.0 Å². The van der Waals surface area contributed by atoms with Crippen LogP contribution in [0.15, 0.2) is 77.7 Å². The van der Waals surface area contributed by atoms with Crippen LogP contribution in [0.4, 0.5) is 8.78 Å². The van der Waals surface area contributed by atoms with Crippen molar-refractivity contribution in [1.29, 1.82) is 0 Å². The number of nitrogens with one attached hydrogen (secondary N) is 1. The maximum Gasteiger partial charge on any atom is 0.246 e. The molecule has 3 aromatic carbocycles. The van der Waals surface area contributed by atoms with Gasteiger partial charge in [0, 0.05) is 6.54 Å². The highest BCUT2D eigenvalue weighted by molar-refractivity contribution is 7.89. The van der Waals surface area contributed by atoms with Crippen LogP contribution in [0.2, 0.25) is 0 Å². The topological polar surface area (TPSA) is 66.4 Å². The number of halogens is 2. The van der Waals surface area contributed by atoms with Crippen LogP contribution in [0, 0.1) is 11.6 Å². The van der Waals surface area contributed by atoms with E-state index in [0.717, 1.165) is 29.3 Å². The molecule has 0 saturated carbocycles. The third kappa shape index (κ3) is 4.27. The minimum absolute atomic E-state index is 0.451. The summed E-state index contributed by atoms with van der Waals surface area (Å²) in [6.07, 6.45) is 0. The molecule has 0 saturated heterocycles. The van der Waals surface area contributed by atoms with Crippen LogP contribution in [0.25, 0.3) is 11.1 Å². The van der Waals surface area contributed by atoms with Crippen molar-refractivity contribution in [3.8, 4) is 11.1 Å². The molecule has 146 valence electrons. The van der Waals surface area contributed by atoms with Gasteiger partial charge in [-0.2, -0.15) is 0 Å². The second kappa shape index (κ2) is 7.79. The number of aliphatic hydroxyl groups is 1. The second-order valence-corrected chi connectivity index (χ2v) is 8.30. The molecule has 0 amide bonds. The molecular weight excluding hydrogens is 384 g/mol. The Kier molecular flexibility index (Phi) is 5.60. The van der Waals surface area contributed by atoms with Crippen LogP contribution < -0.4 is 4.72 Å². The van der Waals surface area contributed by atoms with Crippen LogP contribution in [-0.4, -0.2) is 20.1 Å². The van der Waals surface area contributed by atoms with E-state index in [4.69, 9.17) is 0 Å². The third-order valence-electron chi connectivity index (χ3n) is 4.41. The zero-order chi connectivity index (χ0) is 20.4. The smallest absolute Gasteiger partial charge is 0.246 e. The van der Waals surface area contributed by atoms with Crippen molar-refractivity contribution in [3.05, 3.63) is 90.0 Å². The third-order valence-corrected chi connectivity index (χ3v) is 5.86. The Morgan fingerprint density at radius 1 is 0.857 bits per heavy atom. The van der Waals surface area contributed by atoms with E-state index in [1.807, 2.05) is 42.5 Å². The van der Waals surface area contributed by atoms with E-state index in [0.29, 0.717) is 5.56 Å². The van der Waals surface area contributed by atoms with Crippen LogP contribution in [0.1, 0.15) is 12.5 Å². The van der Waals surface area contributed by atoms with Crippen molar-refractivity contribution in [2.75, 3.05) is 6.54 Å². The van der Waals surface area contributed by atoms with Gasteiger partial charge in [0.25, 0.3) is 0 Å². The van der Waals surface area contributed by atoms with E-state index in [2.05, 4.69) is 4.72 Å². The Morgan fingerprint density at radius 3 is 1.96 bits per heavy atom. The summed E-state index contributed by atoms with van der Waals surface area (Å²) in [5, 5.41) is 10.7. The molecule has 3 rings (SSSR count). The lowest BCUT2D eigenvalue weighted by Gasteiger charge is -2.24. The monoisotopic (exact) mass is 403 g/mol. The van der Waals surface area contributed by atoms with Gasteiger partial charge in [0.1, 0.15) is 17.2 Å². The van der Waals surface area contributed by atoms with Crippen LogP contribution in [0.3, 0.4) is 0 Å². The summed E-state index contributed by atoms with van der Waals surface area (Å²) in [5.74, 6) is -2.39. The van der Waals surface area contributed by atoms with Crippen LogP contribution in [-0.2, 0) is 15.6 Å². The second-order valence-electron chi connectivity index (χ2n) is 6.59. The van der Waals surface area contributed by atoms with Gasteiger partial charge in [-0.05, 0) is 35.7 Å². The predicted octanol–water partition coefficient (Wildman–Crippen LogP) is 3.82. The van der Waals surface area contributed by atoms with Crippen LogP contribution in [0.5, 0.6) is 0 Å². The van der Waals surface area contributed by atoms with E-state index in [1.165, 1.54) is 6.92 Å². The fourth-order valence-corrected chi connectivity index (χ4v) is 4.07. The molecule has 0 heterocycles. The molecule has 0 aliphatic carbocycles. The average Bonchev–Trinajstić information content (AvgIpc) is 2.67. The van der Waals surface area contributed by atoms with Gasteiger partial charge >= 0.3 is 0 Å². The Hall–Kier alpha value is -2.61. The molecule has 0 fully saturated rings. The minimum Gasteiger partial charge on any atom is -0.384 e. The van der Waals surface area contributed by atoms with Crippen molar-refractivity contribution < 1.29 is 22.3 Å². The van der Waals surface area contributed by atoms with Gasteiger partial charge in [0.05, 0.1) is 0 Å². The fourth-order valence-electron chi connectivity index (χ4n) is 2.80. The zero-order valence-corrected chi connectivity index (χ0v) is 15.9. The lowest BCUT2D eigenvalue weighted by molar-refractivity contribution is 0.0627. The molecule has 0 spiro atoms. The highest BCUT2D eigenvalue weighted by atomic mass is 32.2. The molecule has 0 aromatic heterocycles. The summed E-state index contributed by atoms with van der Waals surface area (Å²) < 4.78 is 54.2. The van der Waals surface area contributed by atoms with Crippen molar-refractivity contribution in [3.63, 3.8) is 0 Å². The summed E-state index contributed by atoms with van der Waals surface area (Å²) in [6, 6.07) is 19.4. The quantitative estimate of drug-likeness (QED) is 0.658. The molecule has 28 heavy (non-hydrogen) atoms. The molecule has 0 aliphatic heterocycles. The van der Waals surface area contributed by atoms with E-state index >= 15 is 0 Å². The number of benzene rings is 3. The van der Waals surface area contributed by atoms with Crippen LogP contribution >= 0.6 is 0 Å². The van der Waals surface area contributed by atoms with E-state index in [9.17, 15) is 22.3 Å². The van der Waals surface area contributed by atoms with Crippen molar-refractivity contribution in [2.24, 2.45) is 0 Å². The first kappa shape index (κ1) is 20.1. The van der Waals surface area contributed by atoms with Gasteiger partial charge in [-0.25, -0.2) is 21.9 Å². The normalized spacial score (nSPS) is 13.9. The Morgan fingerprint density at radius 2 is 1.39 bits per heavy atom. The molecule has 3 aromatic rings. The molecule has 2 N–H and O–H groups in total. The standard InChI is InChI=1S/C21H19F2NO3S/c1-21(25,14-24-28(26,27)20-18(22)8-5-9-19(20)23)17-12-10-16(11-13-17)15-6-3-2-4-7-15/h2-13,24-25H,14H2,1H3. The zero-order valence-electron chi connectivity index (χ0n) is 15.1. The Balaban J connectivity index is 1.78. The summed E-state index contributed by atoms with van der Waals surface area (Å²) in [7, 11) is -4.47. The number of rotatable bonds is 6. The SMILES string of the molecule is CC(O)(CNS(=O)(=O)c1c(F)cccc1F)c1ccc(-c2ccccc2)cc1. The summed E-state index contributed by atoms with van der Waals surface area (Å²) in [6.45, 7) is 0.971. The maximum absolute atomic E-state index is 13.8. The highest BCUT2D eigenvalue weighted by Gasteiger charge is 2.29. The predicted molar refractivity (Wildman–Crippen MR) is 103 cm³/mol. The van der Waals surface area contributed by atoms with E-state index < -0.39 is 38.7 Å². The number of sulfonamides is 1. The van der Waals surface area contributed by atoms with Gasteiger partial charge in [-0.15, -0.1) is 0 Å². The molecule has 0 aliphatic rings. The average molecular weight is 403 g/mol. The highest BCUT2D eigenvalue weighted by Crippen LogP contribution is 2.26. The lowest BCUT2D eigenvalue weighted by Crippen LogP contribution is -2.39. The van der Waals surface area contributed by atoms with Gasteiger partial charge in [-0.3, -0.25) is 0 Å². The summed E-state index contributed by atoms with van der Waals surface area (Å²) >= 11 is 0. The van der Waals surface area contributed by atoms with Gasteiger partial charge in [0.2, 0.25) is 10.0 Å². The number of hydrogen-bond donors (Lipinski definition) is 2. The maximum atomic E-state index is 13.8. The van der Waals surface area contributed by atoms with Gasteiger partial charge in [0.15, 0.2) is 4.90 Å². The Bertz CT molecular complexity index is 1050. The summed E-state index contributed by atoms with van der Waals surface area (Å²) in [5.41, 5.74) is 0.826. The molecule has 0 radical (unpaired) electrons. The minimum atomic E-state index is -4.47. The fraction of sp³-hybridized carbons (Fsp3) is 0.143. The molecule has 0 bridgehead atoms. The van der Waals surface area contributed by atoms with Crippen molar-refractivity contribution in [1.82, 2.24) is 4.72 Å². The number of hydrogen-bond acceptors (Lipinski definition) is 3. The molecule has 1 atom stereocenters. The van der Waals surface area contributed by atoms with E-state index in [-0.39, 0.29) is 0 Å². The summed E-state index contributed by atoms with van der Waals surface area (Å²) in [4.78, 5) is -1.06. The molecule has 1 unspecified atom stereocenters. The van der Waals surface area contributed by atoms with Gasteiger partial charge in [-0.1, -0.05) is 60.7 Å². The first-order valence-electron chi connectivity index (χ1n) is 8.53. The largest absolute Gasteiger partial charge is 0.384 e. The molecule has 7 heteroatoms. The van der Waals surface area contributed by atoms with Crippen molar-refractivity contribution in [2.45, 2.75) is 17.4 Å².